The number of furan rings is 1. The van der Waals surface area contributed by atoms with Crippen LogP contribution >= 0.6 is 0 Å². The maximum absolute atomic E-state index is 12.9. The van der Waals surface area contributed by atoms with Gasteiger partial charge in [0.05, 0.1) is 0 Å². The second-order valence-electron chi connectivity index (χ2n) is 7.59. The van der Waals surface area contributed by atoms with Gasteiger partial charge in [-0.3, -0.25) is 9.69 Å². The number of nitrogens with one attached hydrogen (secondary N) is 1. The number of carbonyl (C=O) groups is 1. The highest BCUT2D eigenvalue weighted by Crippen LogP contribution is 2.28. The molecule has 3 aromatic rings. The highest BCUT2D eigenvalue weighted by Gasteiger charge is 2.20. The molecular formula is C22H27N5O2. The molecule has 7 nitrogen and oxygen atoms in total. The van der Waals surface area contributed by atoms with Gasteiger partial charge < -0.3 is 14.3 Å². The van der Waals surface area contributed by atoms with E-state index in [-0.39, 0.29) is 5.91 Å². The minimum absolute atomic E-state index is 0.231. The molecule has 1 aliphatic heterocycles. The van der Waals surface area contributed by atoms with Gasteiger partial charge in [-0.15, -0.1) is 10.2 Å². The third-order valence-electron chi connectivity index (χ3n) is 5.57. The summed E-state index contributed by atoms with van der Waals surface area (Å²) in [5, 5.41) is 11.1. The maximum atomic E-state index is 12.9. The van der Waals surface area contributed by atoms with Gasteiger partial charge in [-0.05, 0) is 50.6 Å². The van der Waals surface area contributed by atoms with Crippen molar-refractivity contribution in [3.05, 3.63) is 53.2 Å². The minimum Gasteiger partial charge on any atom is -0.456 e. The monoisotopic (exact) mass is 393 g/mol. The Hall–Kier alpha value is -2.93. The molecule has 1 N–H and O–H groups in total. The number of nitrogens with zero attached hydrogens (tertiary/aromatic N) is 4. The van der Waals surface area contributed by atoms with Crippen molar-refractivity contribution >= 4 is 11.6 Å². The smallest absolute Gasteiger partial charge is 0.291 e. The summed E-state index contributed by atoms with van der Waals surface area (Å²) in [6.07, 6.45) is 4.93. The highest BCUT2D eigenvalue weighted by atomic mass is 16.4. The van der Waals surface area contributed by atoms with E-state index >= 15 is 0 Å². The Morgan fingerprint density at radius 2 is 2.07 bits per heavy atom. The predicted molar refractivity (Wildman–Crippen MR) is 112 cm³/mol. The summed E-state index contributed by atoms with van der Waals surface area (Å²) < 4.78 is 7.76. The van der Waals surface area contributed by atoms with Crippen molar-refractivity contribution in [2.75, 3.05) is 18.4 Å². The molecule has 1 fully saturated rings. The largest absolute Gasteiger partial charge is 0.456 e. The number of aromatic nitrogens is 3. The zero-order valence-electron chi connectivity index (χ0n) is 17.2. The van der Waals surface area contributed by atoms with Crippen molar-refractivity contribution in [1.82, 2.24) is 19.7 Å². The highest BCUT2D eigenvalue weighted by molar-refractivity contribution is 6.03. The first-order chi connectivity index (χ1) is 14.1. The SMILES string of the molecule is CCc1oc(C(=O)Nc2cccc(-c3nncn3C)c2C)cc1CN1CCCC1. The van der Waals surface area contributed by atoms with Gasteiger partial charge in [-0.25, -0.2) is 0 Å². The fourth-order valence-electron chi connectivity index (χ4n) is 3.92. The van der Waals surface area contributed by atoms with Gasteiger partial charge in [-0.1, -0.05) is 19.1 Å². The lowest BCUT2D eigenvalue weighted by Gasteiger charge is -2.13. The van der Waals surface area contributed by atoms with Crippen molar-refractivity contribution in [3.8, 4) is 11.4 Å². The second kappa shape index (κ2) is 8.21. The van der Waals surface area contributed by atoms with Crippen LogP contribution in [-0.4, -0.2) is 38.7 Å². The molecule has 1 aromatic carbocycles. The van der Waals surface area contributed by atoms with Crippen LogP contribution in [-0.2, 0) is 20.0 Å². The first-order valence-corrected chi connectivity index (χ1v) is 10.2. The molecule has 0 unspecified atom stereocenters. The van der Waals surface area contributed by atoms with Gasteiger partial charge in [0.1, 0.15) is 12.1 Å². The van der Waals surface area contributed by atoms with E-state index < -0.39 is 0 Å². The number of anilines is 1. The van der Waals surface area contributed by atoms with Crippen LogP contribution in [0.1, 0.15) is 47.2 Å². The molecule has 1 saturated heterocycles. The Bertz CT molecular complexity index is 1010. The Kier molecular flexibility index (Phi) is 5.49. The fourth-order valence-corrected chi connectivity index (χ4v) is 3.92. The lowest BCUT2D eigenvalue weighted by atomic mass is 10.1. The van der Waals surface area contributed by atoms with Crippen molar-refractivity contribution in [3.63, 3.8) is 0 Å². The molecule has 1 amide bonds. The van der Waals surface area contributed by atoms with Crippen LogP contribution in [0.4, 0.5) is 5.69 Å². The second-order valence-corrected chi connectivity index (χ2v) is 7.59. The van der Waals surface area contributed by atoms with Crippen molar-refractivity contribution in [2.45, 2.75) is 39.7 Å². The van der Waals surface area contributed by atoms with Gasteiger partial charge in [0.15, 0.2) is 11.6 Å². The van der Waals surface area contributed by atoms with E-state index in [2.05, 4.69) is 27.3 Å². The average molecular weight is 393 g/mol. The lowest BCUT2D eigenvalue weighted by Crippen LogP contribution is -2.18. The number of amides is 1. The van der Waals surface area contributed by atoms with Crippen LogP contribution in [0.5, 0.6) is 0 Å². The Morgan fingerprint density at radius 1 is 1.28 bits per heavy atom. The Morgan fingerprint density at radius 3 is 2.76 bits per heavy atom. The van der Waals surface area contributed by atoms with Crippen LogP contribution in [0, 0.1) is 6.92 Å². The average Bonchev–Trinajstić information content (AvgIpc) is 3.45. The van der Waals surface area contributed by atoms with Gasteiger partial charge in [-0.2, -0.15) is 0 Å². The molecule has 3 heterocycles. The molecule has 2 aromatic heterocycles. The van der Waals surface area contributed by atoms with E-state index in [1.165, 1.54) is 12.8 Å². The quantitative estimate of drug-likeness (QED) is 0.689. The zero-order chi connectivity index (χ0) is 20.4. The molecule has 0 radical (unpaired) electrons. The van der Waals surface area contributed by atoms with Crippen LogP contribution in [0.2, 0.25) is 0 Å². The summed E-state index contributed by atoms with van der Waals surface area (Å²) in [7, 11) is 1.90. The molecule has 0 saturated carbocycles. The third kappa shape index (κ3) is 3.96. The first-order valence-electron chi connectivity index (χ1n) is 10.2. The lowest BCUT2D eigenvalue weighted by molar-refractivity contribution is 0.0995. The molecule has 29 heavy (non-hydrogen) atoms. The van der Waals surface area contributed by atoms with Crippen LogP contribution in [0.25, 0.3) is 11.4 Å². The third-order valence-corrected chi connectivity index (χ3v) is 5.57. The summed E-state index contributed by atoms with van der Waals surface area (Å²) in [4.78, 5) is 15.3. The van der Waals surface area contributed by atoms with Gasteiger partial charge >= 0.3 is 0 Å². The minimum atomic E-state index is -0.231. The number of likely N-dealkylation sites (tertiary alicyclic amines) is 1. The number of benzene rings is 1. The molecule has 0 bridgehead atoms. The molecule has 4 rings (SSSR count). The Labute approximate surface area is 170 Å². The van der Waals surface area contributed by atoms with E-state index in [0.717, 1.165) is 60.0 Å². The van der Waals surface area contributed by atoms with Gasteiger partial charge in [0.2, 0.25) is 0 Å². The fraction of sp³-hybridized carbons (Fsp3) is 0.409. The molecule has 1 aliphatic rings. The van der Waals surface area contributed by atoms with Crippen molar-refractivity contribution in [2.24, 2.45) is 7.05 Å². The molecule has 0 aliphatic carbocycles. The number of carbonyl (C=O) groups excluding carboxylic acids is 1. The van der Waals surface area contributed by atoms with Crippen molar-refractivity contribution < 1.29 is 9.21 Å². The van der Waals surface area contributed by atoms with Gasteiger partial charge in [0, 0.05) is 36.8 Å². The standard InChI is InChI=1S/C22H27N5O2/c1-4-19-16(13-27-10-5-6-11-27)12-20(29-19)22(28)24-18-9-7-8-17(15(18)2)21-25-23-14-26(21)3/h7-9,12,14H,4-6,10-11,13H2,1-3H3,(H,24,28). The molecule has 7 heteroatoms. The van der Waals surface area contributed by atoms with Crippen molar-refractivity contribution in [1.29, 1.82) is 0 Å². The van der Waals surface area contributed by atoms with Crippen LogP contribution in [0.3, 0.4) is 0 Å². The number of rotatable bonds is 6. The maximum Gasteiger partial charge on any atom is 0.291 e. The van der Waals surface area contributed by atoms with E-state index in [9.17, 15) is 4.79 Å². The summed E-state index contributed by atoms with van der Waals surface area (Å²) in [5.41, 5.74) is 3.73. The summed E-state index contributed by atoms with van der Waals surface area (Å²) in [6, 6.07) is 7.67. The molecule has 152 valence electrons. The van der Waals surface area contributed by atoms with Gasteiger partial charge in [0.25, 0.3) is 5.91 Å². The normalized spacial score (nSPS) is 14.4. The zero-order valence-corrected chi connectivity index (χ0v) is 17.2. The summed E-state index contributed by atoms with van der Waals surface area (Å²) in [6.45, 7) is 7.11. The van der Waals surface area contributed by atoms with Crippen LogP contribution < -0.4 is 5.32 Å². The molecule has 0 spiro atoms. The van der Waals surface area contributed by atoms with E-state index in [4.69, 9.17) is 4.42 Å². The number of aryl methyl sites for hydroxylation is 2. The molecule has 0 atom stereocenters. The van der Waals surface area contributed by atoms with E-state index in [0.29, 0.717) is 5.76 Å². The van der Waals surface area contributed by atoms with E-state index in [1.807, 2.05) is 42.8 Å². The number of hydrogen-bond donors (Lipinski definition) is 1. The van der Waals surface area contributed by atoms with Crippen LogP contribution in [0.15, 0.2) is 35.0 Å². The summed E-state index contributed by atoms with van der Waals surface area (Å²) >= 11 is 0. The topological polar surface area (TPSA) is 76.2 Å². The summed E-state index contributed by atoms with van der Waals surface area (Å²) in [5.74, 6) is 1.79. The van der Waals surface area contributed by atoms with E-state index in [1.54, 1.807) is 6.33 Å². The number of hydrogen-bond acceptors (Lipinski definition) is 5. The predicted octanol–water partition coefficient (Wildman–Crippen LogP) is 3.79. The molecular weight excluding hydrogens is 366 g/mol. The Balaban J connectivity index is 1.55. The first kappa shape index (κ1) is 19.4.